The van der Waals surface area contributed by atoms with Crippen LogP contribution < -0.4 is 0 Å². The smallest absolute Gasteiger partial charge is 0.139 e. The molecule has 0 radical (unpaired) electrons. The van der Waals surface area contributed by atoms with E-state index >= 15 is 0 Å². The van der Waals surface area contributed by atoms with Gasteiger partial charge in [-0.05, 0) is 24.3 Å². The average molecular weight is 316 g/mol. The molecule has 0 bridgehead atoms. The molecule has 4 nitrogen and oxygen atoms in total. The Morgan fingerprint density at radius 1 is 1.14 bits per heavy atom. The van der Waals surface area contributed by atoms with E-state index in [2.05, 4.69) is 37.7 Å². The Morgan fingerprint density at radius 3 is 3.05 bits per heavy atom. The molecule has 3 aromatic heterocycles. The second kappa shape index (κ2) is 5.69. The summed E-state index contributed by atoms with van der Waals surface area (Å²) in [6, 6.07) is 4.18. The van der Waals surface area contributed by atoms with Gasteiger partial charge in [0.15, 0.2) is 0 Å². The molecule has 108 valence electrons. The maximum absolute atomic E-state index is 4.75. The van der Waals surface area contributed by atoms with E-state index < -0.39 is 0 Å². The fraction of sp³-hybridized carbons (Fsp3) is 0.400. The fourth-order valence-electron chi connectivity index (χ4n) is 2.74. The zero-order chi connectivity index (χ0) is 14.1. The van der Waals surface area contributed by atoms with Crippen LogP contribution in [0, 0.1) is 0 Å². The molecular formula is C15H16N4S2. The van der Waals surface area contributed by atoms with Crippen LogP contribution in [-0.4, -0.2) is 19.7 Å². The van der Waals surface area contributed by atoms with Crippen molar-refractivity contribution in [3.05, 3.63) is 39.5 Å². The molecule has 4 rings (SSSR count). The maximum Gasteiger partial charge on any atom is 0.139 e. The van der Waals surface area contributed by atoms with Crippen LogP contribution >= 0.6 is 22.7 Å². The lowest BCUT2D eigenvalue weighted by molar-refractivity contribution is 0.611. The molecule has 1 aliphatic rings. The Bertz CT molecular complexity index is 727. The highest BCUT2D eigenvalue weighted by Crippen LogP contribution is 2.27. The van der Waals surface area contributed by atoms with E-state index in [0.29, 0.717) is 0 Å². The molecule has 0 N–H and O–H groups in total. The molecule has 0 fully saturated rings. The monoisotopic (exact) mass is 316 g/mol. The molecule has 0 aromatic carbocycles. The fourth-order valence-corrected chi connectivity index (χ4v) is 4.29. The molecule has 21 heavy (non-hydrogen) atoms. The lowest BCUT2D eigenvalue weighted by atomic mass is 10.2. The van der Waals surface area contributed by atoms with E-state index in [1.165, 1.54) is 24.1 Å². The van der Waals surface area contributed by atoms with Crippen molar-refractivity contribution in [2.45, 2.75) is 38.6 Å². The first-order valence-electron chi connectivity index (χ1n) is 7.29. The summed E-state index contributed by atoms with van der Waals surface area (Å²) in [7, 11) is 0. The van der Waals surface area contributed by atoms with Crippen LogP contribution in [0.3, 0.4) is 0 Å². The first-order valence-corrected chi connectivity index (χ1v) is 9.05. The minimum Gasteiger partial charge on any atom is -0.315 e. The summed E-state index contributed by atoms with van der Waals surface area (Å²) >= 11 is 3.45. The predicted octanol–water partition coefficient (Wildman–Crippen LogP) is 3.78. The number of hydrogen-bond acceptors (Lipinski definition) is 5. The highest BCUT2D eigenvalue weighted by Gasteiger charge is 2.16. The van der Waals surface area contributed by atoms with Crippen LogP contribution in [-0.2, 0) is 19.4 Å². The number of nitrogens with zero attached hydrogens (tertiary/aromatic N) is 4. The van der Waals surface area contributed by atoms with Gasteiger partial charge in [-0.15, -0.1) is 32.9 Å². The van der Waals surface area contributed by atoms with E-state index in [0.717, 1.165) is 41.7 Å². The van der Waals surface area contributed by atoms with E-state index in [1.54, 1.807) is 22.7 Å². The number of thiophene rings is 1. The van der Waals surface area contributed by atoms with Gasteiger partial charge in [0, 0.05) is 18.3 Å². The summed E-state index contributed by atoms with van der Waals surface area (Å²) in [5.41, 5.74) is 1.08. The lowest BCUT2D eigenvalue weighted by Gasteiger charge is -2.05. The van der Waals surface area contributed by atoms with Crippen molar-refractivity contribution in [1.29, 1.82) is 0 Å². The topological polar surface area (TPSA) is 43.6 Å². The Labute approximate surface area is 131 Å². The molecule has 0 saturated carbocycles. The van der Waals surface area contributed by atoms with Crippen LogP contribution in [0.15, 0.2) is 22.9 Å². The molecule has 0 saturated heterocycles. The summed E-state index contributed by atoms with van der Waals surface area (Å²) < 4.78 is 2.30. The van der Waals surface area contributed by atoms with Gasteiger partial charge in [-0.1, -0.05) is 12.5 Å². The molecule has 4 heterocycles. The van der Waals surface area contributed by atoms with Crippen LogP contribution in [0.1, 0.15) is 35.9 Å². The first-order chi connectivity index (χ1) is 10.4. The third-order valence-corrected chi connectivity index (χ3v) is 5.56. The molecule has 0 amide bonds. The highest BCUT2D eigenvalue weighted by molar-refractivity contribution is 7.14. The Hall–Kier alpha value is -1.53. The van der Waals surface area contributed by atoms with Gasteiger partial charge in [0.25, 0.3) is 0 Å². The number of fused-ring (bicyclic) bond motifs is 1. The van der Waals surface area contributed by atoms with Crippen LogP contribution in [0.4, 0.5) is 0 Å². The highest BCUT2D eigenvalue weighted by atomic mass is 32.1. The van der Waals surface area contributed by atoms with Gasteiger partial charge in [-0.3, -0.25) is 0 Å². The van der Waals surface area contributed by atoms with Crippen LogP contribution in [0.5, 0.6) is 0 Å². The number of rotatable bonds is 3. The maximum atomic E-state index is 4.75. The van der Waals surface area contributed by atoms with Gasteiger partial charge >= 0.3 is 0 Å². The number of aromatic nitrogens is 4. The Morgan fingerprint density at radius 2 is 2.14 bits per heavy atom. The zero-order valence-electron chi connectivity index (χ0n) is 11.7. The van der Waals surface area contributed by atoms with Gasteiger partial charge in [-0.2, -0.15) is 0 Å². The second-order valence-electron chi connectivity index (χ2n) is 5.28. The van der Waals surface area contributed by atoms with Crippen molar-refractivity contribution < 1.29 is 0 Å². The average Bonchev–Trinajstić information content (AvgIpc) is 3.19. The quantitative estimate of drug-likeness (QED) is 0.738. The normalized spacial score (nSPS) is 14.9. The van der Waals surface area contributed by atoms with Crippen molar-refractivity contribution in [3.8, 4) is 10.6 Å². The van der Waals surface area contributed by atoms with Gasteiger partial charge in [0.2, 0.25) is 0 Å². The minimum atomic E-state index is 0.795. The summed E-state index contributed by atoms with van der Waals surface area (Å²) in [6.45, 7) is 1.06. The molecule has 6 heteroatoms. The molecule has 0 unspecified atom stereocenters. The molecule has 0 atom stereocenters. The van der Waals surface area contributed by atoms with Crippen LogP contribution in [0.25, 0.3) is 10.6 Å². The molecule has 3 aromatic rings. The first kappa shape index (κ1) is 13.2. The number of aryl methyl sites for hydroxylation is 1. The molecule has 0 spiro atoms. The number of thiazole rings is 1. The standard InChI is InChI=1S/C15H16N4S2/c1-2-6-13-17-18-14(19(13)7-3-1)9-15-16-11(10-21-15)12-5-4-8-20-12/h4-5,8,10H,1-3,6-7,9H2. The SMILES string of the molecule is c1csc(-c2csc(Cc3nnc4n3CCCCC4)n2)c1. The van der Waals surface area contributed by atoms with Crippen molar-refractivity contribution >= 4 is 22.7 Å². The third kappa shape index (κ3) is 2.65. The van der Waals surface area contributed by atoms with E-state index in [4.69, 9.17) is 4.98 Å². The van der Waals surface area contributed by atoms with Crippen molar-refractivity contribution in [2.24, 2.45) is 0 Å². The van der Waals surface area contributed by atoms with Gasteiger partial charge in [-0.25, -0.2) is 4.98 Å². The summed E-state index contributed by atoms with van der Waals surface area (Å²) in [4.78, 5) is 5.98. The lowest BCUT2D eigenvalue weighted by Crippen LogP contribution is -2.06. The molecule has 0 aliphatic carbocycles. The summed E-state index contributed by atoms with van der Waals surface area (Å²) in [5, 5.41) is 14.1. The minimum absolute atomic E-state index is 0.795. The zero-order valence-corrected chi connectivity index (χ0v) is 13.3. The van der Waals surface area contributed by atoms with E-state index in [1.807, 2.05) is 0 Å². The largest absolute Gasteiger partial charge is 0.315 e. The van der Waals surface area contributed by atoms with Gasteiger partial charge in [0.05, 0.1) is 17.0 Å². The van der Waals surface area contributed by atoms with E-state index in [-0.39, 0.29) is 0 Å². The van der Waals surface area contributed by atoms with E-state index in [9.17, 15) is 0 Å². The molecular weight excluding hydrogens is 300 g/mol. The summed E-state index contributed by atoms with van der Waals surface area (Å²) in [5.74, 6) is 2.22. The van der Waals surface area contributed by atoms with Crippen molar-refractivity contribution in [1.82, 2.24) is 19.7 Å². The van der Waals surface area contributed by atoms with Gasteiger partial charge in [0.1, 0.15) is 16.7 Å². The Kier molecular flexibility index (Phi) is 3.57. The van der Waals surface area contributed by atoms with Crippen molar-refractivity contribution in [3.63, 3.8) is 0 Å². The summed E-state index contributed by atoms with van der Waals surface area (Å²) in [6.07, 6.45) is 5.62. The predicted molar refractivity (Wildman–Crippen MR) is 85.8 cm³/mol. The second-order valence-corrected chi connectivity index (χ2v) is 7.17. The number of hydrogen-bond donors (Lipinski definition) is 0. The Balaban J connectivity index is 1.58. The van der Waals surface area contributed by atoms with Crippen LogP contribution in [0.2, 0.25) is 0 Å². The third-order valence-electron chi connectivity index (χ3n) is 3.82. The molecule has 1 aliphatic heterocycles. The van der Waals surface area contributed by atoms with Crippen molar-refractivity contribution in [2.75, 3.05) is 0 Å². The van der Waals surface area contributed by atoms with Gasteiger partial charge < -0.3 is 4.57 Å².